The molecule has 0 radical (unpaired) electrons. The molecule has 118 valence electrons. The molecule has 4 heteroatoms. The molecule has 0 amide bonds. The lowest BCUT2D eigenvalue weighted by Gasteiger charge is -2.28. The van der Waals surface area contributed by atoms with E-state index < -0.39 is 0 Å². The molecule has 1 saturated carbocycles. The Morgan fingerprint density at radius 2 is 2.15 bits per heavy atom. The van der Waals surface area contributed by atoms with Crippen LogP contribution in [0.25, 0.3) is 0 Å². The van der Waals surface area contributed by atoms with Gasteiger partial charge in [-0.3, -0.25) is 0 Å². The third kappa shape index (κ3) is 6.33. The van der Waals surface area contributed by atoms with Crippen molar-refractivity contribution < 1.29 is 9.84 Å². The maximum absolute atomic E-state index is 9.98. The van der Waals surface area contributed by atoms with Gasteiger partial charge in [0.05, 0.1) is 18.8 Å². The van der Waals surface area contributed by atoms with Gasteiger partial charge < -0.3 is 15.2 Å². The van der Waals surface area contributed by atoms with Crippen molar-refractivity contribution in [1.29, 1.82) is 0 Å². The molecule has 2 fully saturated rings. The molecular formula is C16H31NO2S. The molecule has 1 heterocycles. The summed E-state index contributed by atoms with van der Waals surface area (Å²) < 4.78 is 5.86. The van der Waals surface area contributed by atoms with Crippen molar-refractivity contribution in [3.8, 4) is 0 Å². The fourth-order valence-corrected chi connectivity index (χ4v) is 4.49. The van der Waals surface area contributed by atoms with Crippen molar-refractivity contribution in [3.63, 3.8) is 0 Å². The van der Waals surface area contributed by atoms with Crippen LogP contribution < -0.4 is 5.32 Å². The molecule has 0 spiro atoms. The summed E-state index contributed by atoms with van der Waals surface area (Å²) in [5, 5.41) is 14.1. The van der Waals surface area contributed by atoms with Crippen LogP contribution in [0.3, 0.4) is 0 Å². The standard InChI is InChI=1S/C16H31NO2S/c1-13-5-4-6-15(9-13)19-12-14(18)10-17-11-16-7-2-3-8-20-16/h13-18H,2-12H2,1H3. The van der Waals surface area contributed by atoms with Gasteiger partial charge in [0.1, 0.15) is 0 Å². The van der Waals surface area contributed by atoms with E-state index in [2.05, 4.69) is 24.0 Å². The van der Waals surface area contributed by atoms with E-state index in [0.29, 0.717) is 19.3 Å². The highest BCUT2D eigenvalue weighted by Gasteiger charge is 2.20. The molecule has 3 nitrogen and oxygen atoms in total. The van der Waals surface area contributed by atoms with Gasteiger partial charge in [0.25, 0.3) is 0 Å². The highest BCUT2D eigenvalue weighted by molar-refractivity contribution is 7.99. The third-order valence-corrected chi connectivity index (χ3v) is 5.84. The van der Waals surface area contributed by atoms with Crippen LogP contribution in [0.2, 0.25) is 0 Å². The zero-order valence-electron chi connectivity index (χ0n) is 12.9. The maximum atomic E-state index is 9.98. The molecule has 1 saturated heterocycles. The van der Waals surface area contributed by atoms with Crippen molar-refractivity contribution in [2.75, 3.05) is 25.4 Å². The van der Waals surface area contributed by atoms with Crippen LogP contribution in [0, 0.1) is 5.92 Å². The largest absolute Gasteiger partial charge is 0.389 e. The summed E-state index contributed by atoms with van der Waals surface area (Å²) in [6, 6.07) is 0. The van der Waals surface area contributed by atoms with Gasteiger partial charge in [-0.1, -0.05) is 26.2 Å². The van der Waals surface area contributed by atoms with Crippen LogP contribution >= 0.6 is 11.8 Å². The summed E-state index contributed by atoms with van der Waals surface area (Å²) in [5.41, 5.74) is 0. The fourth-order valence-electron chi connectivity index (χ4n) is 3.22. The number of ether oxygens (including phenoxy) is 1. The van der Waals surface area contributed by atoms with Crippen LogP contribution in [0.15, 0.2) is 0 Å². The second kappa shape index (κ2) is 9.29. The Hall–Kier alpha value is 0.230. The minimum absolute atomic E-state index is 0.360. The summed E-state index contributed by atoms with van der Waals surface area (Å²) in [6.07, 6.45) is 9.03. The summed E-state index contributed by atoms with van der Waals surface area (Å²) >= 11 is 2.08. The number of hydrogen-bond acceptors (Lipinski definition) is 4. The molecule has 1 aliphatic carbocycles. The van der Waals surface area contributed by atoms with Gasteiger partial charge >= 0.3 is 0 Å². The van der Waals surface area contributed by atoms with E-state index in [-0.39, 0.29) is 6.10 Å². The zero-order chi connectivity index (χ0) is 14.2. The highest BCUT2D eigenvalue weighted by Crippen LogP contribution is 2.26. The zero-order valence-corrected chi connectivity index (χ0v) is 13.7. The predicted molar refractivity (Wildman–Crippen MR) is 86.3 cm³/mol. The van der Waals surface area contributed by atoms with Gasteiger partial charge in [0, 0.05) is 18.3 Å². The Kier molecular flexibility index (Phi) is 7.71. The lowest BCUT2D eigenvalue weighted by Crippen LogP contribution is -2.36. The lowest BCUT2D eigenvalue weighted by atomic mass is 9.89. The monoisotopic (exact) mass is 301 g/mol. The SMILES string of the molecule is CC1CCCC(OCC(O)CNCC2CCCCS2)C1. The second-order valence-electron chi connectivity index (χ2n) is 6.53. The van der Waals surface area contributed by atoms with Crippen molar-refractivity contribution in [1.82, 2.24) is 5.32 Å². The topological polar surface area (TPSA) is 41.5 Å². The molecule has 20 heavy (non-hydrogen) atoms. The van der Waals surface area contributed by atoms with Crippen LogP contribution in [0.5, 0.6) is 0 Å². The van der Waals surface area contributed by atoms with Crippen molar-refractivity contribution in [2.24, 2.45) is 5.92 Å². The van der Waals surface area contributed by atoms with Crippen molar-refractivity contribution in [2.45, 2.75) is 69.3 Å². The highest BCUT2D eigenvalue weighted by atomic mass is 32.2. The van der Waals surface area contributed by atoms with E-state index in [1.165, 1.54) is 50.7 Å². The molecule has 0 bridgehead atoms. The average molecular weight is 301 g/mol. The van der Waals surface area contributed by atoms with E-state index in [0.717, 1.165) is 17.7 Å². The van der Waals surface area contributed by atoms with E-state index in [9.17, 15) is 5.11 Å². The van der Waals surface area contributed by atoms with Gasteiger partial charge in [-0.05, 0) is 37.4 Å². The number of aliphatic hydroxyl groups excluding tert-OH is 1. The van der Waals surface area contributed by atoms with Crippen LogP contribution in [0.4, 0.5) is 0 Å². The maximum Gasteiger partial charge on any atom is 0.0897 e. The number of thioether (sulfide) groups is 1. The molecule has 4 atom stereocenters. The minimum atomic E-state index is -0.360. The molecule has 0 aromatic heterocycles. The normalized spacial score (nSPS) is 33.0. The first-order chi connectivity index (χ1) is 9.74. The summed E-state index contributed by atoms with van der Waals surface area (Å²) in [6.45, 7) is 4.49. The van der Waals surface area contributed by atoms with Gasteiger partial charge in [0.2, 0.25) is 0 Å². The first-order valence-electron chi connectivity index (χ1n) is 8.36. The molecule has 1 aliphatic heterocycles. The van der Waals surface area contributed by atoms with Gasteiger partial charge in [0.15, 0.2) is 0 Å². The molecule has 2 N–H and O–H groups in total. The Morgan fingerprint density at radius 3 is 2.90 bits per heavy atom. The van der Waals surface area contributed by atoms with E-state index in [1.54, 1.807) is 0 Å². The predicted octanol–water partition coefficient (Wildman–Crippen LogP) is 2.82. The summed E-state index contributed by atoms with van der Waals surface area (Å²) in [7, 11) is 0. The van der Waals surface area contributed by atoms with E-state index >= 15 is 0 Å². The molecule has 2 aliphatic rings. The number of aliphatic hydroxyl groups is 1. The molecular weight excluding hydrogens is 270 g/mol. The Morgan fingerprint density at radius 1 is 1.25 bits per heavy atom. The first kappa shape index (κ1) is 16.6. The second-order valence-corrected chi connectivity index (χ2v) is 7.94. The quantitative estimate of drug-likeness (QED) is 0.759. The van der Waals surface area contributed by atoms with E-state index in [4.69, 9.17) is 4.74 Å². The average Bonchev–Trinajstić information content (AvgIpc) is 2.46. The first-order valence-corrected chi connectivity index (χ1v) is 9.41. The van der Waals surface area contributed by atoms with Crippen LogP contribution in [-0.4, -0.2) is 48.0 Å². The number of hydrogen-bond donors (Lipinski definition) is 2. The third-order valence-electron chi connectivity index (χ3n) is 4.44. The summed E-state index contributed by atoms with van der Waals surface area (Å²) in [4.78, 5) is 0. The molecule has 4 unspecified atom stereocenters. The Labute approximate surface area is 128 Å². The fraction of sp³-hybridized carbons (Fsp3) is 1.00. The Balaban J connectivity index is 1.50. The van der Waals surface area contributed by atoms with Crippen molar-refractivity contribution >= 4 is 11.8 Å². The number of nitrogens with one attached hydrogen (secondary N) is 1. The Bertz CT molecular complexity index is 259. The lowest BCUT2D eigenvalue weighted by molar-refractivity contribution is -0.0305. The molecule has 0 aromatic carbocycles. The number of rotatable bonds is 7. The van der Waals surface area contributed by atoms with Gasteiger partial charge in [-0.15, -0.1) is 0 Å². The smallest absolute Gasteiger partial charge is 0.0897 e. The minimum Gasteiger partial charge on any atom is -0.389 e. The van der Waals surface area contributed by atoms with Gasteiger partial charge in [-0.25, -0.2) is 0 Å². The van der Waals surface area contributed by atoms with Crippen molar-refractivity contribution in [3.05, 3.63) is 0 Å². The summed E-state index contributed by atoms with van der Waals surface area (Å²) in [5.74, 6) is 2.09. The van der Waals surface area contributed by atoms with Gasteiger partial charge in [-0.2, -0.15) is 11.8 Å². The molecule has 0 aromatic rings. The van der Waals surface area contributed by atoms with Crippen LogP contribution in [0.1, 0.15) is 51.9 Å². The van der Waals surface area contributed by atoms with E-state index in [1.807, 2.05) is 0 Å². The molecule has 2 rings (SSSR count). The van der Waals surface area contributed by atoms with Crippen LogP contribution in [-0.2, 0) is 4.74 Å².